The zero-order valence-corrected chi connectivity index (χ0v) is 21.7. The van der Waals surface area contributed by atoms with E-state index < -0.39 is 15.9 Å². The molecule has 1 aromatic heterocycles. The van der Waals surface area contributed by atoms with Crippen LogP contribution in [0.2, 0.25) is 10.0 Å². The van der Waals surface area contributed by atoms with E-state index in [1.165, 1.54) is 24.3 Å². The van der Waals surface area contributed by atoms with Crippen molar-refractivity contribution >= 4 is 51.0 Å². The van der Waals surface area contributed by atoms with Crippen LogP contribution in [-0.4, -0.2) is 25.1 Å². The summed E-state index contributed by atoms with van der Waals surface area (Å²) >= 11 is 12.1. The van der Waals surface area contributed by atoms with Gasteiger partial charge in [0.1, 0.15) is 0 Å². The van der Waals surface area contributed by atoms with E-state index in [-0.39, 0.29) is 21.2 Å². The number of nitrogens with zero attached hydrogens (tertiary/aromatic N) is 2. The van der Waals surface area contributed by atoms with Crippen molar-refractivity contribution in [3.05, 3.63) is 111 Å². The molecule has 0 atom stereocenters. The van der Waals surface area contributed by atoms with E-state index >= 15 is 0 Å². The molecule has 4 aromatic rings. The van der Waals surface area contributed by atoms with E-state index in [0.29, 0.717) is 5.02 Å². The Morgan fingerprint density at radius 3 is 2.39 bits per heavy atom. The van der Waals surface area contributed by atoms with Gasteiger partial charge in [0.15, 0.2) is 0 Å². The summed E-state index contributed by atoms with van der Waals surface area (Å²) in [6.45, 7) is 3.92. The third-order valence-corrected chi connectivity index (χ3v) is 7.39. The second-order valence-corrected chi connectivity index (χ2v) is 10.5. The first kappa shape index (κ1) is 25.5. The molecule has 0 spiro atoms. The zero-order chi connectivity index (χ0) is 25.9. The van der Waals surface area contributed by atoms with Crippen LogP contribution in [0.1, 0.15) is 27.3 Å². The monoisotopic (exact) mass is 540 g/mol. The van der Waals surface area contributed by atoms with Gasteiger partial charge in [-0.2, -0.15) is 5.10 Å². The first-order valence-electron chi connectivity index (χ1n) is 10.8. The molecule has 10 heteroatoms. The van der Waals surface area contributed by atoms with Gasteiger partial charge in [-0.25, -0.2) is 13.8 Å². The number of para-hydroxylation sites is 1. The van der Waals surface area contributed by atoms with Crippen molar-refractivity contribution in [3.63, 3.8) is 0 Å². The number of halogens is 2. The minimum Gasteiger partial charge on any atom is -0.318 e. The Balaban J connectivity index is 1.49. The molecular formula is C26H22Cl2N4O3S. The summed E-state index contributed by atoms with van der Waals surface area (Å²) in [4.78, 5) is 12.6. The molecule has 0 fully saturated rings. The molecule has 184 valence electrons. The van der Waals surface area contributed by atoms with Crippen molar-refractivity contribution in [2.24, 2.45) is 5.10 Å². The maximum absolute atomic E-state index is 12.8. The molecule has 1 amide bonds. The number of amides is 1. The number of sulfonamides is 1. The summed E-state index contributed by atoms with van der Waals surface area (Å²) in [7, 11) is -3.96. The number of hydrogen-bond acceptors (Lipinski definition) is 4. The first-order chi connectivity index (χ1) is 17.2. The van der Waals surface area contributed by atoms with Crippen molar-refractivity contribution in [3.8, 4) is 5.69 Å². The summed E-state index contributed by atoms with van der Waals surface area (Å²) in [5.74, 6) is -0.549. The molecule has 1 heterocycles. The van der Waals surface area contributed by atoms with Gasteiger partial charge in [-0.1, -0.05) is 41.4 Å². The van der Waals surface area contributed by atoms with Crippen LogP contribution in [0.25, 0.3) is 5.69 Å². The fourth-order valence-corrected chi connectivity index (χ4v) is 5.17. The van der Waals surface area contributed by atoms with Crippen LogP contribution in [0.3, 0.4) is 0 Å². The van der Waals surface area contributed by atoms with Crippen LogP contribution in [0.15, 0.2) is 88.9 Å². The number of anilines is 1. The lowest BCUT2D eigenvalue weighted by molar-refractivity contribution is 0.0955. The minimum absolute atomic E-state index is 0.0782. The molecule has 0 radical (unpaired) electrons. The zero-order valence-electron chi connectivity index (χ0n) is 19.4. The van der Waals surface area contributed by atoms with Gasteiger partial charge in [-0.15, -0.1) is 0 Å². The lowest BCUT2D eigenvalue weighted by Crippen LogP contribution is -2.19. The third-order valence-electron chi connectivity index (χ3n) is 5.45. The van der Waals surface area contributed by atoms with E-state index in [0.717, 1.165) is 22.6 Å². The average molecular weight is 541 g/mol. The molecule has 3 aromatic carbocycles. The van der Waals surface area contributed by atoms with E-state index in [4.69, 9.17) is 23.2 Å². The summed E-state index contributed by atoms with van der Waals surface area (Å²) < 4.78 is 30.1. The standard InChI is InChI=1S/C26H22Cl2N4O3S/c1-17-14-20(18(2)32(17)22-12-10-21(27)11-13-22)16-29-30-26(33)19-6-5-7-23(15-19)36(34,35)31-25-9-4-3-8-24(25)28/h3-16,31H,1-2H3,(H,30,33)/b29-16-. The SMILES string of the molecule is Cc1cc(/C=N\NC(=O)c2cccc(S(=O)(=O)Nc3ccccc3Cl)c2)c(C)n1-c1ccc(Cl)cc1. The van der Waals surface area contributed by atoms with E-state index in [1.807, 2.05) is 44.2 Å². The van der Waals surface area contributed by atoms with E-state index in [9.17, 15) is 13.2 Å². The highest BCUT2D eigenvalue weighted by Crippen LogP contribution is 2.24. The number of rotatable bonds is 7. The summed E-state index contributed by atoms with van der Waals surface area (Å²) in [6, 6.07) is 21.6. The number of carbonyl (C=O) groups excluding carboxylic acids is 1. The molecule has 7 nitrogen and oxygen atoms in total. The summed E-state index contributed by atoms with van der Waals surface area (Å²) in [5, 5.41) is 4.99. The highest BCUT2D eigenvalue weighted by molar-refractivity contribution is 7.92. The molecule has 0 aliphatic carbocycles. The fourth-order valence-electron chi connectivity index (χ4n) is 3.68. The smallest absolute Gasteiger partial charge is 0.271 e. The Morgan fingerprint density at radius 1 is 0.944 bits per heavy atom. The summed E-state index contributed by atoms with van der Waals surface area (Å²) in [5.41, 5.74) is 6.55. The Kier molecular flexibility index (Phi) is 7.49. The van der Waals surface area contributed by atoms with Gasteiger partial charge in [-0.3, -0.25) is 9.52 Å². The molecule has 36 heavy (non-hydrogen) atoms. The third kappa shape index (κ3) is 5.62. The molecule has 2 N–H and O–H groups in total. The van der Waals surface area contributed by atoms with Crippen molar-refractivity contribution in [2.75, 3.05) is 4.72 Å². The largest absolute Gasteiger partial charge is 0.318 e. The maximum Gasteiger partial charge on any atom is 0.271 e. The molecule has 0 bridgehead atoms. The molecule has 0 saturated carbocycles. The molecular weight excluding hydrogens is 519 g/mol. The van der Waals surface area contributed by atoms with Crippen LogP contribution in [0, 0.1) is 13.8 Å². The number of nitrogens with one attached hydrogen (secondary N) is 2. The number of carbonyl (C=O) groups is 1. The minimum atomic E-state index is -3.96. The highest BCUT2D eigenvalue weighted by atomic mass is 35.5. The summed E-state index contributed by atoms with van der Waals surface area (Å²) in [6.07, 6.45) is 1.55. The fraction of sp³-hybridized carbons (Fsp3) is 0.0769. The molecule has 0 aliphatic heterocycles. The van der Waals surface area contributed by atoms with Gasteiger partial charge < -0.3 is 4.57 Å². The maximum atomic E-state index is 12.8. The Bertz CT molecular complexity index is 1560. The van der Waals surface area contributed by atoms with Gasteiger partial charge in [0.2, 0.25) is 0 Å². The van der Waals surface area contributed by atoms with Crippen molar-refractivity contribution in [1.29, 1.82) is 0 Å². The number of aromatic nitrogens is 1. The van der Waals surface area contributed by atoms with Crippen molar-refractivity contribution < 1.29 is 13.2 Å². The van der Waals surface area contributed by atoms with Gasteiger partial charge >= 0.3 is 0 Å². The number of hydrogen-bond donors (Lipinski definition) is 2. The normalized spacial score (nSPS) is 11.6. The topological polar surface area (TPSA) is 92.6 Å². The van der Waals surface area contributed by atoms with Crippen LogP contribution in [-0.2, 0) is 10.0 Å². The number of benzene rings is 3. The lowest BCUT2D eigenvalue weighted by Gasteiger charge is -2.10. The van der Waals surface area contributed by atoms with E-state index in [1.54, 1.807) is 30.5 Å². The first-order valence-corrected chi connectivity index (χ1v) is 13.1. The molecule has 4 rings (SSSR count). The Hall–Kier alpha value is -3.59. The Morgan fingerprint density at radius 2 is 1.67 bits per heavy atom. The van der Waals surface area contributed by atoms with Crippen LogP contribution in [0.4, 0.5) is 5.69 Å². The van der Waals surface area contributed by atoms with E-state index in [2.05, 4.69) is 19.8 Å². The second-order valence-electron chi connectivity index (χ2n) is 7.95. The number of aryl methyl sites for hydroxylation is 1. The van der Waals surface area contributed by atoms with Gasteiger partial charge in [0, 0.05) is 33.2 Å². The second kappa shape index (κ2) is 10.6. The Labute approximate surface area is 219 Å². The predicted octanol–water partition coefficient (Wildman–Crippen LogP) is 5.97. The average Bonchev–Trinajstić information content (AvgIpc) is 3.14. The molecule has 0 aliphatic rings. The predicted molar refractivity (Wildman–Crippen MR) is 144 cm³/mol. The number of hydrazone groups is 1. The quantitative estimate of drug-likeness (QED) is 0.223. The van der Waals surface area contributed by atoms with Crippen molar-refractivity contribution in [1.82, 2.24) is 9.99 Å². The van der Waals surface area contributed by atoms with Gasteiger partial charge in [0.05, 0.1) is 21.8 Å². The van der Waals surface area contributed by atoms with Gasteiger partial charge in [0.25, 0.3) is 15.9 Å². The van der Waals surface area contributed by atoms with Crippen LogP contribution < -0.4 is 10.1 Å². The lowest BCUT2D eigenvalue weighted by atomic mass is 10.2. The van der Waals surface area contributed by atoms with Crippen molar-refractivity contribution in [2.45, 2.75) is 18.7 Å². The van der Waals surface area contributed by atoms with Crippen LogP contribution >= 0.6 is 23.2 Å². The highest BCUT2D eigenvalue weighted by Gasteiger charge is 2.18. The van der Waals surface area contributed by atoms with Crippen LogP contribution in [0.5, 0.6) is 0 Å². The van der Waals surface area contributed by atoms with Gasteiger partial charge in [-0.05, 0) is 74.5 Å². The molecule has 0 unspecified atom stereocenters. The molecule has 0 saturated heterocycles.